The number of nitrogens with zero attached hydrogens (tertiary/aromatic N) is 5. The zero-order chi connectivity index (χ0) is 20.2. The van der Waals surface area contributed by atoms with Crippen molar-refractivity contribution >= 4 is 28.3 Å². The van der Waals surface area contributed by atoms with Gasteiger partial charge in [-0.2, -0.15) is 4.52 Å². The van der Waals surface area contributed by atoms with Gasteiger partial charge in [-0.25, -0.2) is 4.79 Å². The smallest absolute Gasteiger partial charge is 0.322 e. The van der Waals surface area contributed by atoms with E-state index < -0.39 is 0 Å². The molecule has 8 nitrogen and oxygen atoms in total. The number of hydrogen-bond acceptors (Lipinski definition) is 5. The largest absolute Gasteiger partial charge is 0.383 e. The van der Waals surface area contributed by atoms with Crippen LogP contribution in [-0.2, 0) is 11.3 Å². The second-order valence-corrected chi connectivity index (χ2v) is 6.86. The summed E-state index contributed by atoms with van der Waals surface area (Å²) < 4.78 is 6.92. The Labute approximate surface area is 168 Å². The maximum absolute atomic E-state index is 12.9. The van der Waals surface area contributed by atoms with Gasteiger partial charge < -0.3 is 15.0 Å². The third kappa shape index (κ3) is 4.02. The van der Waals surface area contributed by atoms with Crippen LogP contribution < -0.4 is 5.32 Å². The third-order valence-corrected chi connectivity index (χ3v) is 4.74. The van der Waals surface area contributed by atoms with Gasteiger partial charge in [0.15, 0.2) is 5.65 Å². The molecule has 0 aliphatic carbocycles. The number of urea groups is 1. The van der Waals surface area contributed by atoms with Gasteiger partial charge in [-0.1, -0.05) is 30.3 Å². The van der Waals surface area contributed by atoms with Crippen molar-refractivity contribution in [3.63, 3.8) is 0 Å². The number of pyridine rings is 1. The van der Waals surface area contributed by atoms with E-state index in [2.05, 4.69) is 20.8 Å². The van der Waals surface area contributed by atoms with E-state index in [-0.39, 0.29) is 6.03 Å². The number of hydrogen-bond donors (Lipinski definition) is 1. The Balaban J connectivity index is 1.67. The van der Waals surface area contributed by atoms with Crippen molar-refractivity contribution in [2.75, 3.05) is 25.6 Å². The minimum absolute atomic E-state index is 0.206. The Kier molecular flexibility index (Phi) is 5.35. The number of carbonyl (C=O) groups excluding carboxylic acids is 1. The summed E-state index contributed by atoms with van der Waals surface area (Å²) in [5.74, 6) is 0. The van der Waals surface area contributed by atoms with Gasteiger partial charge in [0.25, 0.3) is 0 Å². The van der Waals surface area contributed by atoms with Crippen LogP contribution in [-0.4, -0.2) is 51.2 Å². The summed E-state index contributed by atoms with van der Waals surface area (Å²) in [5.41, 5.74) is 4.31. The first-order chi connectivity index (χ1) is 14.2. The molecule has 29 heavy (non-hydrogen) atoms. The summed E-state index contributed by atoms with van der Waals surface area (Å²) in [5, 5.41) is 16.1. The maximum Gasteiger partial charge on any atom is 0.322 e. The topological polar surface area (TPSA) is 84.7 Å². The maximum atomic E-state index is 12.9. The lowest BCUT2D eigenvalue weighted by molar-refractivity contribution is 0.153. The number of para-hydroxylation sites is 1. The van der Waals surface area contributed by atoms with Crippen molar-refractivity contribution in [1.29, 1.82) is 0 Å². The molecule has 0 saturated heterocycles. The number of fused-ring (bicyclic) bond motifs is 3. The van der Waals surface area contributed by atoms with E-state index in [1.54, 1.807) is 16.5 Å². The standard InChI is InChI=1S/C21H22N6O2/c1-15-8-9-16-13-17(20-23-24-25-27(20)19(16)12-15)14-26(10-11-29-2)21(28)22-18-6-4-3-5-7-18/h3-9,12-13H,10-11,14H2,1-2H3,(H,22,28). The molecule has 2 amide bonds. The molecule has 148 valence electrons. The Morgan fingerprint density at radius 1 is 1.17 bits per heavy atom. The fraction of sp³-hybridized carbons (Fsp3) is 0.238. The molecule has 4 aromatic rings. The van der Waals surface area contributed by atoms with E-state index in [0.717, 1.165) is 27.7 Å². The van der Waals surface area contributed by atoms with Crippen LogP contribution in [0.15, 0.2) is 54.6 Å². The molecule has 0 atom stereocenters. The van der Waals surface area contributed by atoms with E-state index in [9.17, 15) is 4.79 Å². The number of aryl methyl sites for hydroxylation is 1. The van der Waals surface area contributed by atoms with Gasteiger partial charge >= 0.3 is 6.03 Å². The molecule has 0 unspecified atom stereocenters. The number of benzene rings is 2. The molecular weight excluding hydrogens is 368 g/mol. The molecule has 2 heterocycles. The normalized spacial score (nSPS) is 11.1. The van der Waals surface area contributed by atoms with Crippen LogP contribution in [0.25, 0.3) is 16.6 Å². The molecule has 0 fully saturated rings. The zero-order valence-corrected chi connectivity index (χ0v) is 16.4. The molecule has 0 radical (unpaired) electrons. The molecule has 2 aromatic carbocycles. The molecule has 8 heteroatoms. The van der Waals surface area contributed by atoms with Crippen molar-refractivity contribution in [3.8, 4) is 0 Å². The van der Waals surface area contributed by atoms with Crippen LogP contribution in [0, 0.1) is 6.92 Å². The van der Waals surface area contributed by atoms with Crippen LogP contribution in [0.4, 0.5) is 10.5 Å². The van der Waals surface area contributed by atoms with Crippen LogP contribution in [0.2, 0.25) is 0 Å². The monoisotopic (exact) mass is 390 g/mol. The molecular formula is C21H22N6O2. The van der Waals surface area contributed by atoms with E-state index >= 15 is 0 Å². The minimum atomic E-state index is -0.206. The Morgan fingerprint density at radius 2 is 2.00 bits per heavy atom. The summed E-state index contributed by atoms with van der Waals surface area (Å²) in [7, 11) is 1.62. The fourth-order valence-corrected chi connectivity index (χ4v) is 3.26. The fourth-order valence-electron chi connectivity index (χ4n) is 3.26. The number of anilines is 1. The summed E-state index contributed by atoms with van der Waals surface area (Å²) >= 11 is 0. The minimum Gasteiger partial charge on any atom is -0.383 e. The Morgan fingerprint density at radius 3 is 2.79 bits per heavy atom. The van der Waals surface area contributed by atoms with Crippen LogP contribution in [0.3, 0.4) is 0 Å². The van der Waals surface area contributed by atoms with Crippen molar-refractivity contribution in [1.82, 2.24) is 24.9 Å². The number of carbonyl (C=O) groups is 1. The first kappa shape index (κ1) is 18.8. The van der Waals surface area contributed by atoms with Gasteiger partial charge in [-0.05, 0) is 47.2 Å². The number of aromatic nitrogens is 4. The zero-order valence-electron chi connectivity index (χ0n) is 16.4. The Bertz CT molecular complexity index is 1140. The van der Waals surface area contributed by atoms with Crippen LogP contribution >= 0.6 is 0 Å². The average Bonchev–Trinajstić information content (AvgIpc) is 3.22. The highest BCUT2D eigenvalue weighted by molar-refractivity contribution is 5.89. The average molecular weight is 390 g/mol. The number of ether oxygens (including phenoxy) is 1. The number of nitrogens with one attached hydrogen (secondary N) is 1. The first-order valence-electron chi connectivity index (χ1n) is 9.36. The number of methoxy groups -OCH3 is 1. The second kappa shape index (κ2) is 8.24. The molecule has 0 spiro atoms. The van der Waals surface area contributed by atoms with Gasteiger partial charge in [0.1, 0.15) is 0 Å². The number of amides is 2. The second-order valence-electron chi connectivity index (χ2n) is 6.86. The summed E-state index contributed by atoms with van der Waals surface area (Å²) in [4.78, 5) is 14.6. The van der Waals surface area contributed by atoms with Crippen molar-refractivity contribution < 1.29 is 9.53 Å². The molecule has 1 N–H and O–H groups in total. The SMILES string of the molecule is COCCN(Cc1cc2ccc(C)cc2n2nnnc12)C(=O)Nc1ccccc1. The molecule has 0 bridgehead atoms. The van der Waals surface area contributed by atoms with E-state index in [0.29, 0.717) is 25.3 Å². The molecule has 0 aliphatic heterocycles. The number of rotatable bonds is 6. The van der Waals surface area contributed by atoms with Gasteiger partial charge in [0.05, 0.1) is 18.7 Å². The third-order valence-electron chi connectivity index (χ3n) is 4.74. The molecule has 4 rings (SSSR count). The molecule has 2 aromatic heterocycles. The van der Waals surface area contributed by atoms with Gasteiger partial charge in [0, 0.05) is 30.3 Å². The highest BCUT2D eigenvalue weighted by Gasteiger charge is 2.18. The lowest BCUT2D eigenvalue weighted by Gasteiger charge is -2.23. The summed E-state index contributed by atoms with van der Waals surface area (Å²) in [6, 6.07) is 17.3. The predicted octanol–water partition coefficient (Wildman–Crippen LogP) is 3.27. The van der Waals surface area contributed by atoms with E-state index in [1.165, 1.54) is 0 Å². The number of tetrazole rings is 1. The van der Waals surface area contributed by atoms with Crippen molar-refractivity contribution in [2.45, 2.75) is 13.5 Å². The Hall–Kier alpha value is -3.52. The van der Waals surface area contributed by atoms with E-state index in [1.807, 2.05) is 61.5 Å². The lowest BCUT2D eigenvalue weighted by atomic mass is 10.1. The highest BCUT2D eigenvalue weighted by Crippen LogP contribution is 2.22. The molecule has 0 aliphatic rings. The lowest BCUT2D eigenvalue weighted by Crippen LogP contribution is -2.37. The van der Waals surface area contributed by atoms with Crippen LogP contribution in [0.1, 0.15) is 11.1 Å². The van der Waals surface area contributed by atoms with Gasteiger partial charge in [-0.15, -0.1) is 5.10 Å². The highest BCUT2D eigenvalue weighted by atomic mass is 16.5. The van der Waals surface area contributed by atoms with Crippen molar-refractivity contribution in [3.05, 3.63) is 65.7 Å². The van der Waals surface area contributed by atoms with Crippen molar-refractivity contribution in [2.24, 2.45) is 0 Å². The summed E-state index contributed by atoms with van der Waals surface area (Å²) in [6.45, 7) is 3.25. The molecule has 0 saturated carbocycles. The van der Waals surface area contributed by atoms with Gasteiger partial charge in [0.2, 0.25) is 0 Å². The van der Waals surface area contributed by atoms with Gasteiger partial charge in [-0.3, -0.25) is 0 Å². The van der Waals surface area contributed by atoms with Crippen LogP contribution in [0.5, 0.6) is 0 Å². The first-order valence-corrected chi connectivity index (χ1v) is 9.36. The predicted molar refractivity (Wildman–Crippen MR) is 111 cm³/mol. The summed E-state index contributed by atoms with van der Waals surface area (Å²) in [6.07, 6.45) is 0. The van der Waals surface area contributed by atoms with E-state index in [4.69, 9.17) is 4.74 Å². The quantitative estimate of drug-likeness (QED) is 0.546.